The number of hydrogen-bond acceptors (Lipinski definition) is 9. The van der Waals surface area contributed by atoms with Crippen molar-refractivity contribution in [1.29, 1.82) is 0 Å². The van der Waals surface area contributed by atoms with Gasteiger partial charge in [0.1, 0.15) is 5.75 Å². The maximum Gasteiger partial charge on any atom is 0.329 e. The minimum atomic E-state index is -1.05. The smallest absolute Gasteiger partial charge is 0.329 e. The van der Waals surface area contributed by atoms with E-state index in [4.69, 9.17) is 10.5 Å². The fourth-order valence-corrected chi connectivity index (χ4v) is 2.72. The highest BCUT2D eigenvalue weighted by atomic mass is 16.6. The summed E-state index contributed by atoms with van der Waals surface area (Å²) >= 11 is 0. The third-order valence-corrected chi connectivity index (χ3v) is 4.47. The number of nitrogens with zero attached hydrogens (tertiary/aromatic N) is 3. The molecular weight excluding hydrogens is 476 g/mol. The summed E-state index contributed by atoms with van der Waals surface area (Å²) in [6.07, 6.45) is 1.24. The number of nitrogens with two attached hydrogens (primary N) is 1. The number of nitro benzene ring substituents is 2. The topological polar surface area (TPSA) is 209 Å². The first-order chi connectivity index (χ1) is 17.1. The molecule has 0 heterocycles. The Kier molecular flexibility index (Phi) is 7.61. The Morgan fingerprint density at radius 2 is 1.56 bits per heavy atom. The summed E-state index contributed by atoms with van der Waals surface area (Å²) < 4.78 is 5.45. The number of non-ortho nitro benzene ring substituents is 1. The van der Waals surface area contributed by atoms with E-state index in [-0.39, 0.29) is 22.7 Å². The van der Waals surface area contributed by atoms with Gasteiger partial charge in [0.25, 0.3) is 5.69 Å². The molecule has 0 saturated heterocycles. The highest BCUT2D eigenvalue weighted by Crippen LogP contribution is 2.34. The predicted octanol–water partition coefficient (Wildman–Crippen LogP) is 2.48. The molecule has 0 bridgehead atoms. The van der Waals surface area contributed by atoms with Crippen LogP contribution in [0.25, 0.3) is 0 Å². The molecule has 0 aromatic heterocycles. The van der Waals surface area contributed by atoms with Gasteiger partial charge in [-0.1, -0.05) is 0 Å². The largest absolute Gasteiger partial charge is 0.450 e. The Balaban J connectivity index is 1.57. The first-order valence-corrected chi connectivity index (χ1v) is 9.89. The van der Waals surface area contributed by atoms with Gasteiger partial charge in [0.15, 0.2) is 0 Å². The van der Waals surface area contributed by atoms with E-state index in [0.717, 1.165) is 18.2 Å². The molecule has 36 heavy (non-hydrogen) atoms. The Bertz CT molecular complexity index is 1370. The lowest BCUT2D eigenvalue weighted by atomic mass is 10.2. The number of benzene rings is 3. The SMILES string of the molecule is NC(=O)c1ccc(NC(=O)C(=O)NN=Cc2ccc(Oc3ccc([N+](=O)[O-])cc3[N+](=O)[O-])cc2)cc1. The van der Waals surface area contributed by atoms with Crippen LogP contribution in [0.2, 0.25) is 0 Å². The van der Waals surface area contributed by atoms with Gasteiger partial charge in [-0.25, -0.2) is 5.43 Å². The molecule has 0 fully saturated rings. The number of anilines is 1. The highest BCUT2D eigenvalue weighted by Gasteiger charge is 2.21. The molecule has 14 nitrogen and oxygen atoms in total. The number of rotatable bonds is 8. The van der Waals surface area contributed by atoms with E-state index in [1.54, 1.807) is 0 Å². The Morgan fingerprint density at radius 3 is 2.14 bits per heavy atom. The number of amides is 3. The van der Waals surface area contributed by atoms with Crippen molar-refractivity contribution >= 4 is 41.0 Å². The summed E-state index contributed by atoms with van der Waals surface area (Å²) in [5.41, 5.74) is 7.17. The predicted molar refractivity (Wildman–Crippen MR) is 126 cm³/mol. The number of nitrogens with one attached hydrogen (secondary N) is 2. The van der Waals surface area contributed by atoms with Gasteiger partial charge in [-0.3, -0.25) is 34.6 Å². The second kappa shape index (κ2) is 11.0. The van der Waals surface area contributed by atoms with Crippen LogP contribution in [0.15, 0.2) is 71.8 Å². The van der Waals surface area contributed by atoms with Gasteiger partial charge < -0.3 is 15.8 Å². The number of hydrazone groups is 1. The van der Waals surface area contributed by atoms with Gasteiger partial charge in [-0.15, -0.1) is 0 Å². The first kappa shape index (κ1) is 25.0. The lowest BCUT2D eigenvalue weighted by Gasteiger charge is -2.06. The zero-order chi connectivity index (χ0) is 26.2. The van der Waals surface area contributed by atoms with Crippen LogP contribution in [0, 0.1) is 20.2 Å². The maximum absolute atomic E-state index is 11.9. The second-order valence-corrected chi connectivity index (χ2v) is 6.93. The van der Waals surface area contributed by atoms with Crippen LogP contribution in [0.5, 0.6) is 11.5 Å². The van der Waals surface area contributed by atoms with Crippen molar-refractivity contribution in [3.05, 3.63) is 98.1 Å². The zero-order valence-corrected chi connectivity index (χ0v) is 18.1. The molecule has 0 unspecified atom stereocenters. The van der Waals surface area contributed by atoms with Crippen molar-refractivity contribution in [2.45, 2.75) is 0 Å². The molecule has 0 aliphatic carbocycles. The first-order valence-electron chi connectivity index (χ1n) is 9.89. The lowest BCUT2D eigenvalue weighted by molar-refractivity contribution is -0.394. The van der Waals surface area contributed by atoms with Crippen LogP contribution < -0.4 is 21.2 Å². The summed E-state index contributed by atoms with van der Waals surface area (Å²) in [7, 11) is 0. The number of primary amides is 1. The van der Waals surface area contributed by atoms with E-state index >= 15 is 0 Å². The molecule has 3 aromatic rings. The van der Waals surface area contributed by atoms with Crippen LogP contribution in [0.3, 0.4) is 0 Å². The molecule has 14 heteroatoms. The number of hydrogen-bond donors (Lipinski definition) is 3. The quantitative estimate of drug-likeness (QED) is 0.184. The van der Waals surface area contributed by atoms with Gasteiger partial charge in [0.05, 0.1) is 22.1 Å². The third-order valence-electron chi connectivity index (χ3n) is 4.47. The summed E-state index contributed by atoms with van der Waals surface area (Å²) in [5.74, 6) is -2.65. The molecule has 0 radical (unpaired) electrons. The Morgan fingerprint density at radius 1 is 0.889 bits per heavy atom. The van der Waals surface area contributed by atoms with E-state index in [2.05, 4.69) is 15.8 Å². The lowest BCUT2D eigenvalue weighted by Crippen LogP contribution is -2.32. The summed E-state index contributed by atoms with van der Waals surface area (Å²) in [5, 5.41) is 28.0. The Labute approximate surface area is 201 Å². The van der Waals surface area contributed by atoms with Crippen LogP contribution >= 0.6 is 0 Å². The number of carbonyl (C=O) groups is 3. The monoisotopic (exact) mass is 492 g/mol. The number of ether oxygens (including phenoxy) is 1. The maximum atomic E-state index is 11.9. The molecule has 0 saturated carbocycles. The number of carbonyl (C=O) groups excluding carboxylic acids is 3. The van der Waals surface area contributed by atoms with Gasteiger partial charge >= 0.3 is 17.5 Å². The average Bonchev–Trinajstić information content (AvgIpc) is 2.85. The van der Waals surface area contributed by atoms with Crippen LogP contribution in [-0.4, -0.2) is 33.8 Å². The van der Waals surface area contributed by atoms with E-state index in [1.165, 1.54) is 54.7 Å². The molecular formula is C22H16N6O8. The Hall–Kier alpha value is -5.66. The van der Waals surface area contributed by atoms with Gasteiger partial charge in [0, 0.05) is 17.3 Å². The van der Waals surface area contributed by atoms with Crippen molar-refractivity contribution < 1.29 is 29.0 Å². The molecule has 0 aliphatic rings. The van der Waals surface area contributed by atoms with Crippen molar-refractivity contribution in [3.8, 4) is 11.5 Å². The van der Waals surface area contributed by atoms with Crippen molar-refractivity contribution in [1.82, 2.24) is 5.43 Å². The molecule has 3 aromatic carbocycles. The van der Waals surface area contributed by atoms with E-state index in [9.17, 15) is 34.6 Å². The van der Waals surface area contributed by atoms with Crippen LogP contribution in [0.4, 0.5) is 17.1 Å². The molecule has 3 rings (SSSR count). The van der Waals surface area contributed by atoms with Crippen LogP contribution in [0.1, 0.15) is 15.9 Å². The van der Waals surface area contributed by atoms with E-state index < -0.39 is 38.9 Å². The van der Waals surface area contributed by atoms with E-state index in [1.807, 2.05) is 0 Å². The van der Waals surface area contributed by atoms with Crippen molar-refractivity contribution in [2.75, 3.05) is 5.32 Å². The van der Waals surface area contributed by atoms with Gasteiger partial charge in [-0.2, -0.15) is 5.10 Å². The molecule has 0 atom stereocenters. The van der Waals surface area contributed by atoms with Gasteiger partial charge in [-0.05, 0) is 60.2 Å². The van der Waals surface area contributed by atoms with E-state index in [0.29, 0.717) is 5.56 Å². The van der Waals surface area contributed by atoms with Gasteiger partial charge in [0.2, 0.25) is 11.7 Å². The molecule has 182 valence electrons. The fourth-order valence-electron chi connectivity index (χ4n) is 2.72. The molecule has 3 amide bonds. The number of nitro groups is 2. The summed E-state index contributed by atoms with van der Waals surface area (Å²) in [6.45, 7) is 0. The molecule has 0 aliphatic heterocycles. The minimum Gasteiger partial charge on any atom is -0.450 e. The van der Waals surface area contributed by atoms with Crippen LogP contribution in [-0.2, 0) is 9.59 Å². The summed E-state index contributed by atoms with van der Waals surface area (Å²) in [6, 6.07) is 14.5. The highest BCUT2D eigenvalue weighted by molar-refractivity contribution is 6.39. The molecule has 4 N–H and O–H groups in total. The average molecular weight is 492 g/mol. The normalized spacial score (nSPS) is 10.4. The molecule has 0 spiro atoms. The van der Waals surface area contributed by atoms with Crippen molar-refractivity contribution in [3.63, 3.8) is 0 Å². The second-order valence-electron chi connectivity index (χ2n) is 6.93. The fraction of sp³-hybridized carbons (Fsp3) is 0. The third kappa shape index (κ3) is 6.44. The van der Waals surface area contributed by atoms with Crippen molar-refractivity contribution in [2.24, 2.45) is 10.8 Å². The minimum absolute atomic E-state index is 0.186. The zero-order valence-electron chi connectivity index (χ0n) is 18.1. The standard InChI is InChI=1S/C22H16N6O8/c23-20(29)14-3-5-15(6-4-14)25-21(30)22(31)26-24-12-13-1-8-17(9-2-13)36-19-10-7-16(27(32)33)11-18(19)28(34)35/h1-12H,(H2,23,29)(H,25,30)(H,26,31). The summed E-state index contributed by atoms with van der Waals surface area (Å²) in [4.78, 5) is 55.4.